The number of aryl methyl sites for hydroxylation is 2. The summed E-state index contributed by atoms with van der Waals surface area (Å²) in [5, 5.41) is 0. The van der Waals surface area contributed by atoms with E-state index in [4.69, 9.17) is 14.2 Å². The number of carbonyl (C=O) groups excluding carboxylic acids is 1. The lowest BCUT2D eigenvalue weighted by atomic mass is 9.90. The van der Waals surface area contributed by atoms with Gasteiger partial charge in [0.1, 0.15) is 22.8 Å². The molecule has 0 amide bonds. The highest BCUT2D eigenvalue weighted by Gasteiger charge is 2.25. The summed E-state index contributed by atoms with van der Waals surface area (Å²) in [6, 6.07) is 9.40. The van der Waals surface area contributed by atoms with Crippen LogP contribution in [0.4, 0.5) is 0 Å². The fourth-order valence-electron chi connectivity index (χ4n) is 2.89. The van der Waals surface area contributed by atoms with Gasteiger partial charge in [-0.3, -0.25) is 4.79 Å². The third-order valence-electron chi connectivity index (χ3n) is 4.17. The Morgan fingerprint density at radius 3 is 1.71 bits per heavy atom. The molecule has 0 unspecified atom stereocenters. The van der Waals surface area contributed by atoms with Gasteiger partial charge in [0, 0.05) is 17.7 Å². The molecule has 0 aliphatic carbocycles. The fourth-order valence-corrected chi connectivity index (χ4v) is 2.89. The molecule has 0 fully saturated rings. The molecule has 0 aromatic heterocycles. The zero-order valence-electron chi connectivity index (χ0n) is 14.9. The van der Waals surface area contributed by atoms with Crippen LogP contribution in [0.3, 0.4) is 0 Å². The van der Waals surface area contributed by atoms with Gasteiger partial charge >= 0.3 is 0 Å². The van der Waals surface area contributed by atoms with E-state index in [0.717, 1.165) is 29.5 Å². The number of rotatable bonds is 7. The minimum atomic E-state index is -0.0827. The minimum absolute atomic E-state index is 0.0827. The van der Waals surface area contributed by atoms with E-state index in [2.05, 4.69) is 0 Å². The number of methoxy groups -OCH3 is 3. The van der Waals surface area contributed by atoms with Crippen molar-refractivity contribution in [2.24, 2.45) is 0 Å². The van der Waals surface area contributed by atoms with Gasteiger partial charge in [-0.25, -0.2) is 0 Å². The molecule has 2 aromatic rings. The molecule has 0 aliphatic heterocycles. The quantitative estimate of drug-likeness (QED) is 0.719. The van der Waals surface area contributed by atoms with Crippen molar-refractivity contribution in [3.05, 3.63) is 52.6 Å². The lowest BCUT2D eigenvalue weighted by Crippen LogP contribution is -2.12. The number of ether oxygens (including phenoxy) is 3. The molecule has 24 heavy (non-hydrogen) atoms. The van der Waals surface area contributed by atoms with E-state index in [1.54, 1.807) is 19.2 Å². The van der Waals surface area contributed by atoms with Crippen molar-refractivity contribution < 1.29 is 19.0 Å². The lowest BCUT2D eigenvalue weighted by molar-refractivity contribution is 0.103. The monoisotopic (exact) mass is 328 g/mol. The molecule has 2 rings (SSSR count). The van der Waals surface area contributed by atoms with Crippen molar-refractivity contribution in [1.82, 2.24) is 0 Å². The van der Waals surface area contributed by atoms with Gasteiger partial charge in [0.05, 0.1) is 21.3 Å². The lowest BCUT2D eigenvalue weighted by Gasteiger charge is -2.17. The van der Waals surface area contributed by atoms with E-state index < -0.39 is 0 Å². The molecule has 4 nitrogen and oxygen atoms in total. The first-order valence-electron chi connectivity index (χ1n) is 8.06. The number of carbonyl (C=O) groups is 1. The molecule has 128 valence electrons. The Kier molecular flexibility index (Phi) is 5.85. The Hall–Kier alpha value is -2.49. The Balaban J connectivity index is 2.71. The maximum absolute atomic E-state index is 13.4. The van der Waals surface area contributed by atoms with Crippen LogP contribution in [0.25, 0.3) is 0 Å². The largest absolute Gasteiger partial charge is 0.496 e. The summed E-state index contributed by atoms with van der Waals surface area (Å²) in [5.74, 6) is 1.40. The number of ketones is 1. The summed E-state index contributed by atoms with van der Waals surface area (Å²) in [6.45, 7) is 4.10. The smallest absolute Gasteiger partial charge is 0.201 e. The summed E-state index contributed by atoms with van der Waals surface area (Å²) in [7, 11) is 4.65. The van der Waals surface area contributed by atoms with E-state index in [1.165, 1.54) is 14.2 Å². The van der Waals surface area contributed by atoms with Crippen LogP contribution in [-0.2, 0) is 12.8 Å². The molecule has 0 saturated heterocycles. The van der Waals surface area contributed by atoms with Crippen LogP contribution < -0.4 is 14.2 Å². The molecule has 4 heteroatoms. The summed E-state index contributed by atoms with van der Waals surface area (Å²) in [6.07, 6.45) is 1.57. The summed E-state index contributed by atoms with van der Waals surface area (Å²) >= 11 is 0. The van der Waals surface area contributed by atoms with E-state index in [-0.39, 0.29) is 5.78 Å². The van der Waals surface area contributed by atoms with E-state index in [1.807, 2.05) is 32.0 Å². The molecule has 0 atom stereocenters. The van der Waals surface area contributed by atoms with Crippen molar-refractivity contribution in [3.8, 4) is 17.2 Å². The third kappa shape index (κ3) is 3.23. The van der Waals surface area contributed by atoms with E-state index >= 15 is 0 Å². The second-order valence-electron chi connectivity index (χ2n) is 5.39. The van der Waals surface area contributed by atoms with Crippen molar-refractivity contribution in [2.45, 2.75) is 26.7 Å². The Bertz CT molecular complexity index is 687. The number of hydrogen-bond acceptors (Lipinski definition) is 4. The maximum Gasteiger partial charge on any atom is 0.201 e. The first-order chi connectivity index (χ1) is 11.6. The molecule has 0 heterocycles. The van der Waals surface area contributed by atoms with Crippen LogP contribution in [0.1, 0.15) is 40.9 Å². The van der Waals surface area contributed by atoms with Crippen LogP contribution in [0.2, 0.25) is 0 Å². The fraction of sp³-hybridized carbons (Fsp3) is 0.350. The highest BCUT2D eigenvalue weighted by molar-refractivity contribution is 6.14. The number of benzene rings is 2. The predicted octanol–water partition coefficient (Wildman–Crippen LogP) is 4.07. The summed E-state index contributed by atoms with van der Waals surface area (Å²) in [5.41, 5.74) is 3.22. The Morgan fingerprint density at radius 1 is 0.833 bits per heavy atom. The van der Waals surface area contributed by atoms with Crippen molar-refractivity contribution in [2.75, 3.05) is 21.3 Å². The molecule has 2 aromatic carbocycles. The first-order valence-corrected chi connectivity index (χ1v) is 8.06. The highest BCUT2D eigenvalue weighted by atomic mass is 16.5. The minimum Gasteiger partial charge on any atom is -0.496 e. The van der Waals surface area contributed by atoms with Crippen molar-refractivity contribution in [1.29, 1.82) is 0 Å². The highest BCUT2D eigenvalue weighted by Crippen LogP contribution is 2.36. The Labute approximate surface area is 143 Å². The molecule has 0 spiro atoms. The normalized spacial score (nSPS) is 10.4. The van der Waals surface area contributed by atoms with Crippen LogP contribution >= 0.6 is 0 Å². The molecule has 0 radical (unpaired) electrons. The molecule has 0 saturated carbocycles. The van der Waals surface area contributed by atoms with E-state index in [0.29, 0.717) is 22.8 Å². The van der Waals surface area contributed by atoms with E-state index in [9.17, 15) is 4.79 Å². The standard InChI is InChI=1S/C20H24O4/c1-6-13-9-8-10-14(7-2)18(13)20(21)19-16(23-4)11-15(22-3)12-17(19)24-5/h8-12H,6-7H2,1-5H3. The van der Waals surface area contributed by atoms with Crippen LogP contribution in [0.15, 0.2) is 30.3 Å². The van der Waals surface area contributed by atoms with Gasteiger partial charge in [-0.15, -0.1) is 0 Å². The molecular weight excluding hydrogens is 304 g/mol. The maximum atomic E-state index is 13.4. The van der Waals surface area contributed by atoms with Crippen LogP contribution in [0, 0.1) is 0 Å². The molecule has 0 N–H and O–H groups in total. The Morgan fingerprint density at radius 2 is 1.33 bits per heavy atom. The van der Waals surface area contributed by atoms with Gasteiger partial charge in [0.15, 0.2) is 0 Å². The van der Waals surface area contributed by atoms with Gasteiger partial charge in [0.2, 0.25) is 5.78 Å². The second kappa shape index (κ2) is 7.86. The first kappa shape index (κ1) is 17.9. The van der Waals surface area contributed by atoms with Gasteiger partial charge in [-0.2, -0.15) is 0 Å². The van der Waals surface area contributed by atoms with Crippen LogP contribution in [0.5, 0.6) is 17.2 Å². The SMILES string of the molecule is CCc1cccc(CC)c1C(=O)c1c(OC)cc(OC)cc1OC. The van der Waals surface area contributed by atoms with Gasteiger partial charge in [-0.1, -0.05) is 32.0 Å². The molecule has 0 bridgehead atoms. The summed E-state index contributed by atoms with van der Waals surface area (Å²) < 4.78 is 16.1. The molecular formula is C20H24O4. The topological polar surface area (TPSA) is 44.8 Å². The average molecular weight is 328 g/mol. The zero-order valence-corrected chi connectivity index (χ0v) is 14.9. The van der Waals surface area contributed by atoms with Gasteiger partial charge in [0.25, 0.3) is 0 Å². The second-order valence-corrected chi connectivity index (χ2v) is 5.39. The average Bonchev–Trinajstić information content (AvgIpc) is 2.65. The van der Waals surface area contributed by atoms with Gasteiger partial charge in [-0.05, 0) is 24.0 Å². The zero-order chi connectivity index (χ0) is 17.7. The van der Waals surface area contributed by atoms with Gasteiger partial charge < -0.3 is 14.2 Å². The van der Waals surface area contributed by atoms with Crippen molar-refractivity contribution >= 4 is 5.78 Å². The molecule has 0 aliphatic rings. The van der Waals surface area contributed by atoms with Crippen molar-refractivity contribution in [3.63, 3.8) is 0 Å². The third-order valence-corrected chi connectivity index (χ3v) is 4.17. The summed E-state index contributed by atoms with van der Waals surface area (Å²) in [4.78, 5) is 13.4. The van der Waals surface area contributed by atoms with Crippen LogP contribution in [-0.4, -0.2) is 27.1 Å². The predicted molar refractivity (Wildman–Crippen MR) is 94.7 cm³/mol. The number of hydrogen-bond donors (Lipinski definition) is 0.